The zero-order chi connectivity index (χ0) is 11.4. The fourth-order valence-corrected chi connectivity index (χ4v) is 1.59. The number of Topliss-reactive ketones (excluding diaryl/α,β-unsaturated/α-hetero) is 1. The number of hydrogen-bond donors (Lipinski definition) is 1. The lowest BCUT2D eigenvalue weighted by Crippen LogP contribution is -2.12. The molecule has 2 rings (SSSR count). The van der Waals surface area contributed by atoms with Crippen molar-refractivity contribution in [1.82, 2.24) is 4.98 Å². The van der Waals surface area contributed by atoms with Gasteiger partial charge in [-0.05, 0) is 31.1 Å². The minimum absolute atomic E-state index is 0.0863. The second kappa shape index (κ2) is 4.90. The van der Waals surface area contributed by atoms with Gasteiger partial charge in [0.2, 0.25) is 5.78 Å². The fourth-order valence-electron chi connectivity index (χ4n) is 1.59. The van der Waals surface area contributed by atoms with Crippen molar-refractivity contribution in [3.63, 3.8) is 0 Å². The monoisotopic (exact) mass is 218 g/mol. The molecule has 1 aliphatic heterocycles. The van der Waals surface area contributed by atoms with Gasteiger partial charge in [-0.25, -0.2) is 0 Å². The number of nitrogens with zero attached hydrogens (tertiary/aromatic N) is 1. The molecule has 1 aromatic heterocycles. The van der Waals surface area contributed by atoms with Gasteiger partial charge < -0.3 is 10.5 Å². The molecule has 1 aromatic rings. The molecule has 0 radical (unpaired) electrons. The number of ether oxygens (including phenoxy) is 1. The highest BCUT2D eigenvalue weighted by Gasteiger charge is 2.16. The third kappa shape index (κ3) is 2.28. The van der Waals surface area contributed by atoms with E-state index < -0.39 is 0 Å². The molecule has 4 heteroatoms. The highest BCUT2D eigenvalue weighted by atomic mass is 16.5. The Labute approximate surface area is 94.1 Å². The van der Waals surface area contributed by atoms with E-state index in [1.165, 1.54) is 0 Å². The first-order valence-corrected chi connectivity index (χ1v) is 5.34. The van der Waals surface area contributed by atoms with Gasteiger partial charge in [-0.15, -0.1) is 0 Å². The van der Waals surface area contributed by atoms with Crippen molar-refractivity contribution in [2.75, 3.05) is 6.61 Å². The van der Waals surface area contributed by atoms with E-state index in [0.717, 1.165) is 12.8 Å². The van der Waals surface area contributed by atoms with E-state index in [0.29, 0.717) is 30.2 Å². The van der Waals surface area contributed by atoms with E-state index in [-0.39, 0.29) is 5.78 Å². The maximum absolute atomic E-state index is 12.0. The molecular weight excluding hydrogens is 204 g/mol. The summed E-state index contributed by atoms with van der Waals surface area (Å²) in [5.74, 6) is 0.359. The van der Waals surface area contributed by atoms with Crippen molar-refractivity contribution >= 4 is 5.78 Å². The van der Waals surface area contributed by atoms with Crippen LogP contribution in [0.15, 0.2) is 30.2 Å². The van der Waals surface area contributed by atoms with E-state index in [1.54, 1.807) is 18.3 Å². The first-order chi connectivity index (χ1) is 7.81. The topological polar surface area (TPSA) is 65.2 Å². The van der Waals surface area contributed by atoms with Crippen LogP contribution in [-0.2, 0) is 11.3 Å². The average molecular weight is 218 g/mol. The van der Waals surface area contributed by atoms with Crippen LogP contribution in [0.25, 0.3) is 0 Å². The van der Waals surface area contributed by atoms with Gasteiger partial charge >= 0.3 is 0 Å². The molecule has 0 aromatic carbocycles. The lowest BCUT2D eigenvalue weighted by Gasteiger charge is -2.13. The smallest absolute Gasteiger partial charge is 0.227 e. The zero-order valence-corrected chi connectivity index (χ0v) is 8.98. The third-order valence-electron chi connectivity index (χ3n) is 2.45. The molecule has 0 aliphatic carbocycles. The van der Waals surface area contributed by atoms with Crippen molar-refractivity contribution in [3.8, 4) is 0 Å². The molecule has 0 fully saturated rings. The number of carbonyl (C=O) groups excluding carboxylic acids is 1. The van der Waals surface area contributed by atoms with Gasteiger partial charge in [0.1, 0.15) is 0 Å². The molecule has 4 nitrogen and oxygen atoms in total. The Bertz CT molecular complexity index is 427. The third-order valence-corrected chi connectivity index (χ3v) is 2.45. The lowest BCUT2D eigenvalue weighted by atomic mass is 10.1. The van der Waals surface area contributed by atoms with Crippen molar-refractivity contribution in [2.24, 2.45) is 5.73 Å². The molecule has 2 heterocycles. The van der Waals surface area contributed by atoms with E-state index in [9.17, 15) is 4.79 Å². The first kappa shape index (κ1) is 10.8. The number of aromatic nitrogens is 1. The minimum atomic E-state index is -0.0863. The van der Waals surface area contributed by atoms with Gasteiger partial charge in [-0.2, -0.15) is 0 Å². The molecule has 0 saturated heterocycles. The van der Waals surface area contributed by atoms with Crippen LogP contribution >= 0.6 is 0 Å². The van der Waals surface area contributed by atoms with Crippen molar-refractivity contribution in [3.05, 3.63) is 41.4 Å². The number of carbonyl (C=O) groups is 1. The van der Waals surface area contributed by atoms with E-state index in [1.807, 2.05) is 6.08 Å². The first-order valence-electron chi connectivity index (χ1n) is 5.34. The Balaban J connectivity index is 2.22. The quantitative estimate of drug-likeness (QED) is 0.779. The van der Waals surface area contributed by atoms with Crippen LogP contribution in [0.4, 0.5) is 0 Å². The number of rotatable bonds is 3. The Hall–Kier alpha value is -1.68. The van der Waals surface area contributed by atoms with Crippen molar-refractivity contribution in [1.29, 1.82) is 0 Å². The van der Waals surface area contributed by atoms with Crippen molar-refractivity contribution < 1.29 is 9.53 Å². The van der Waals surface area contributed by atoms with Crippen LogP contribution in [0.3, 0.4) is 0 Å². The molecular formula is C12H14N2O2. The average Bonchev–Trinajstić information content (AvgIpc) is 2.39. The summed E-state index contributed by atoms with van der Waals surface area (Å²) in [7, 11) is 0. The summed E-state index contributed by atoms with van der Waals surface area (Å²) in [5.41, 5.74) is 6.77. The zero-order valence-electron chi connectivity index (χ0n) is 8.98. The molecule has 1 aliphatic rings. The van der Waals surface area contributed by atoms with Crippen LogP contribution in [-0.4, -0.2) is 17.4 Å². The van der Waals surface area contributed by atoms with Gasteiger partial charge in [0.05, 0.1) is 12.3 Å². The number of ketones is 1. The summed E-state index contributed by atoms with van der Waals surface area (Å²) in [6.07, 6.45) is 5.31. The molecule has 0 unspecified atom stereocenters. The summed E-state index contributed by atoms with van der Waals surface area (Å²) in [6, 6.07) is 3.39. The van der Waals surface area contributed by atoms with Gasteiger partial charge in [-0.1, -0.05) is 0 Å². The van der Waals surface area contributed by atoms with Gasteiger partial charge in [0.25, 0.3) is 0 Å². The summed E-state index contributed by atoms with van der Waals surface area (Å²) < 4.78 is 5.33. The van der Waals surface area contributed by atoms with Gasteiger partial charge in [0, 0.05) is 18.3 Å². The minimum Gasteiger partial charge on any atom is -0.490 e. The maximum Gasteiger partial charge on any atom is 0.227 e. The van der Waals surface area contributed by atoms with Gasteiger partial charge in [-0.3, -0.25) is 9.78 Å². The molecule has 16 heavy (non-hydrogen) atoms. The Morgan fingerprint density at radius 1 is 1.56 bits per heavy atom. The molecule has 2 N–H and O–H groups in total. The highest BCUT2D eigenvalue weighted by Crippen LogP contribution is 2.15. The number of nitrogens with two attached hydrogens (primary N) is 1. The Morgan fingerprint density at radius 3 is 3.12 bits per heavy atom. The molecule has 0 amide bonds. The van der Waals surface area contributed by atoms with Crippen LogP contribution in [0.1, 0.15) is 28.9 Å². The highest BCUT2D eigenvalue weighted by molar-refractivity contribution is 6.07. The summed E-state index contributed by atoms with van der Waals surface area (Å²) in [6.45, 7) is 0.952. The van der Waals surface area contributed by atoms with E-state index in [2.05, 4.69) is 4.98 Å². The summed E-state index contributed by atoms with van der Waals surface area (Å²) >= 11 is 0. The molecule has 84 valence electrons. The van der Waals surface area contributed by atoms with Crippen LogP contribution in [0.5, 0.6) is 0 Å². The standard InChI is InChI=1S/C12H14N2O2/c13-8-10-7-9(4-5-14-10)12(15)11-3-1-2-6-16-11/h3-5,7H,1-2,6,8,13H2. The van der Waals surface area contributed by atoms with E-state index in [4.69, 9.17) is 10.5 Å². The van der Waals surface area contributed by atoms with Crippen LogP contribution in [0.2, 0.25) is 0 Å². The van der Waals surface area contributed by atoms with Crippen molar-refractivity contribution in [2.45, 2.75) is 19.4 Å². The van der Waals surface area contributed by atoms with E-state index >= 15 is 0 Å². The Morgan fingerprint density at radius 2 is 2.44 bits per heavy atom. The Kier molecular flexibility index (Phi) is 3.31. The molecule has 0 spiro atoms. The number of hydrogen-bond acceptors (Lipinski definition) is 4. The maximum atomic E-state index is 12.0. The van der Waals surface area contributed by atoms with Crippen LogP contribution in [0, 0.1) is 0 Å². The molecule has 0 bridgehead atoms. The second-order valence-corrected chi connectivity index (χ2v) is 3.63. The summed E-state index contributed by atoms with van der Waals surface area (Å²) in [5, 5.41) is 0. The lowest BCUT2D eigenvalue weighted by molar-refractivity contribution is 0.0899. The number of allylic oxidation sites excluding steroid dienone is 2. The fraction of sp³-hybridized carbons (Fsp3) is 0.333. The molecule has 0 atom stereocenters. The molecule has 0 saturated carbocycles. The predicted molar refractivity (Wildman–Crippen MR) is 59.7 cm³/mol. The van der Waals surface area contributed by atoms with Gasteiger partial charge in [0.15, 0.2) is 5.76 Å². The number of pyridine rings is 1. The van der Waals surface area contributed by atoms with Crippen LogP contribution < -0.4 is 5.73 Å². The SMILES string of the molecule is NCc1cc(C(=O)C2=CCCCO2)ccn1. The summed E-state index contributed by atoms with van der Waals surface area (Å²) in [4.78, 5) is 16.1. The largest absolute Gasteiger partial charge is 0.490 e. The normalized spacial score (nSPS) is 15.2. The predicted octanol–water partition coefficient (Wildman–Crippen LogP) is 1.42. The second-order valence-electron chi connectivity index (χ2n) is 3.63.